The first-order valence-corrected chi connectivity index (χ1v) is 8.98. The molecule has 0 fully saturated rings. The molecule has 0 radical (unpaired) electrons. The molecule has 1 N–H and O–H groups in total. The number of rotatable bonds is 7. The van der Waals surface area contributed by atoms with Crippen LogP contribution in [0.5, 0.6) is 5.75 Å². The van der Waals surface area contributed by atoms with Crippen LogP contribution < -0.4 is 10.1 Å². The number of halogens is 1. The average Bonchev–Trinajstić information content (AvgIpc) is 3.17. The summed E-state index contributed by atoms with van der Waals surface area (Å²) in [6, 6.07) is 17.2. The molecule has 0 aliphatic rings. The van der Waals surface area contributed by atoms with Crippen molar-refractivity contribution in [3.05, 3.63) is 71.4 Å². The number of hydrogen-bond acceptors (Lipinski definition) is 5. The second-order valence-corrected chi connectivity index (χ2v) is 6.19. The van der Waals surface area contributed by atoms with E-state index < -0.39 is 11.9 Å². The lowest BCUT2D eigenvalue weighted by Gasteiger charge is -2.08. The first-order chi connectivity index (χ1) is 13.5. The van der Waals surface area contributed by atoms with Crippen LogP contribution >= 0.6 is 11.6 Å². The van der Waals surface area contributed by atoms with E-state index in [0.29, 0.717) is 28.8 Å². The number of carbonyl (C=O) groups excluding carboxylic acids is 2. The molecule has 0 aliphatic heterocycles. The van der Waals surface area contributed by atoms with E-state index in [1.807, 2.05) is 12.1 Å². The van der Waals surface area contributed by atoms with Gasteiger partial charge in [-0.3, -0.25) is 4.79 Å². The van der Waals surface area contributed by atoms with Gasteiger partial charge in [0.25, 0.3) is 5.91 Å². The zero-order valence-corrected chi connectivity index (χ0v) is 15.9. The number of furan rings is 1. The van der Waals surface area contributed by atoms with E-state index in [4.69, 9.17) is 25.5 Å². The molecule has 0 atom stereocenters. The molecule has 0 saturated heterocycles. The van der Waals surface area contributed by atoms with E-state index >= 15 is 0 Å². The Morgan fingerprint density at radius 1 is 1.07 bits per heavy atom. The zero-order valence-electron chi connectivity index (χ0n) is 15.1. The van der Waals surface area contributed by atoms with Crippen molar-refractivity contribution < 1.29 is 23.5 Å². The second-order valence-electron chi connectivity index (χ2n) is 5.75. The molecule has 2 aromatic carbocycles. The molecule has 0 aliphatic carbocycles. The monoisotopic (exact) mass is 399 g/mol. The van der Waals surface area contributed by atoms with Gasteiger partial charge in [-0.1, -0.05) is 29.8 Å². The summed E-state index contributed by atoms with van der Waals surface area (Å²) in [5.74, 6) is 0.272. The first kappa shape index (κ1) is 19.5. The van der Waals surface area contributed by atoms with Gasteiger partial charge in [-0.05, 0) is 43.3 Å². The third-order valence-corrected chi connectivity index (χ3v) is 3.93. The summed E-state index contributed by atoms with van der Waals surface area (Å²) < 4.78 is 15.8. The van der Waals surface area contributed by atoms with Crippen LogP contribution in [0.4, 0.5) is 5.69 Å². The molecule has 144 valence electrons. The smallest absolute Gasteiger partial charge is 0.344 e. The molecule has 6 nitrogen and oxygen atoms in total. The number of carbonyl (C=O) groups is 2. The molecular formula is C21H18ClNO5. The highest BCUT2D eigenvalue weighted by Crippen LogP contribution is 2.25. The van der Waals surface area contributed by atoms with Gasteiger partial charge in [0.1, 0.15) is 11.5 Å². The van der Waals surface area contributed by atoms with Gasteiger partial charge in [-0.25, -0.2) is 4.79 Å². The number of benzene rings is 2. The van der Waals surface area contributed by atoms with Gasteiger partial charge in [0.05, 0.1) is 6.61 Å². The van der Waals surface area contributed by atoms with E-state index in [1.165, 1.54) is 0 Å². The predicted octanol–water partition coefficient (Wildman–Crippen LogP) is 4.79. The third-order valence-electron chi connectivity index (χ3n) is 3.69. The van der Waals surface area contributed by atoms with Gasteiger partial charge in [-0.15, -0.1) is 0 Å². The van der Waals surface area contributed by atoms with Crippen molar-refractivity contribution in [2.75, 3.05) is 18.5 Å². The highest BCUT2D eigenvalue weighted by Gasteiger charge is 2.13. The Balaban J connectivity index is 1.65. The summed E-state index contributed by atoms with van der Waals surface area (Å²) in [5, 5.41) is 3.32. The van der Waals surface area contributed by atoms with Gasteiger partial charge in [0.2, 0.25) is 0 Å². The summed E-state index contributed by atoms with van der Waals surface area (Å²) in [5.41, 5.74) is 1.29. The lowest BCUT2D eigenvalue weighted by molar-refractivity contribution is -0.145. The average molecular weight is 400 g/mol. The summed E-state index contributed by atoms with van der Waals surface area (Å²) >= 11 is 5.99. The largest absolute Gasteiger partial charge is 0.482 e. The van der Waals surface area contributed by atoms with E-state index in [0.717, 1.165) is 5.56 Å². The van der Waals surface area contributed by atoms with Crippen molar-refractivity contribution in [2.45, 2.75) is 6.92 Å². The fraction of sp³-hybridized carbons (Fsp3) is 0.143. The highest BCUT2D eigenvalue weighted by molar-refractivity contribution is 6.30. The van der Waals surface area contributed by atoms with Crippen molar-refractivity contribution in [2.24, 2.45) is 0 Å². The first-order valence-electron chi connectivity index (χ1n) is 8.61. The molecule has 1 heterocycles. The number of ether oxygens (including phenoxy) is 2. The minimum absolute atomic E-state index is 0.160. The minimum atomic E-state index is -0.457. The summed E-state index contributed by atoms with van der Waals surface area (Å²) in [7, 11) is 0. The van der Waals surface area contributed by atoms with Crippen LogP contribution in [0.15, 0.2) is 65.1 Å². The Bertz CT molecular complexity index is 982. The van der Waals surface area contributed by atoms with Crippen LogP contribution in [-0.2, 0) is 9.53 Å². The van der Waals surface area contributed by atoms with Crippen molar-refractivity contribution in [3.63, 3.8) is 0 Å². The lowest BCUT2D eigenvalue weighted by Crippen LogP contribution is -2.15. The van der Waals surface area contributed by atoms with E-state index in [1.54, 1.807) is 55.5 Å². The van der Waals surface area contributed by atoms with Crippen molar-refractivity contribution in [1.82, 2.24) is 0 Å². The number of nitrogens with one attached hydrogen (secondary N) is 1. The van der Waals surface area contributed by atoms with Gasteiger partial charge >= 0.3 is 5.97 Å². The molecule has 0 bridgehead atoms. The highest BCUT2D eigenvalue weighted by atomic mass is 35.5. The second kappa shape index (κ2) is 9.10. The Morgan fingerprint density at radius 3 is 2.68 bits per heavy atom. The fourth-order valence-electron chi connectivity index (χ4n) is 2.46. The molecule has 1 amide bonds. The van der Waals surface area contributed by atoms with Crippen molar-refractivity contribution in [1.29, 1.82) is 0 Å². The molecular weight excluding hydrogens is 382 g/mol. The van der Waals surface area contributed by atoms with E-state index in [2.05, 4.69) is 5.32 Å². The molecule has 0 saturated carbocycles. The van der Waals surface area contributed by atoms with Crippen LogP contribution in [0.3, 0.4) is 0 Å². The van der Waals surface area contributed by atoms with Crippen LogP contribution in [0.2, 0.25) is 5.02 Å². The minimum Gasteiger partial charge on any atom is -0.482 e. The maximum atomic E-state index is 12.4. The van der Waals surface area contributed by atoms with Gasteiger partial charge < -0.3 is 19.2 Å². The number of esters is 1. The zero-order chi connectivity index (χ0) is 19.9. The maximum absolute atomic E-state index is 12.4. The molecule has 7 heteroatoms. The topological polar surface area (TPSA) is 77.8 Å². The summed E-state index contributed by atoms with van der Waals surface area (Å²) in [6.45, 7) is 1.81. The van der Waals surface area contributed by atoms with Gasteiger partial charge in [0, 0.05) is 22.3 Å². The van der Waals surface area contributed by atoms with E-state index in [9.17, 15) is 9.59 Å². The van der Waals surface area contributed by atoms with Crippen molar-refractivity contribution in [3.8, 4) is 17.1 Å². The summed E-state index contributed by atoms with van der Waals surface area (Å²) in [4.78, 5) is 23.8. The van der Waals surface area contributed by atoms with E-state index in [-0.39, 0.29) is 12.4 Å². The molecule has 3 rings (SSSR count). The molecule has 1 aromatic heterocycles. The van der Waals surface area contributed by atoms with Crippen LogP contribution in [0.25, 0.3) is 11.3 Å². The van der Waals surface area contributed by atoms with Gasteiger partial charge in [-0.2, -0.15) is 0 Å². The van der Waals surface area contributed by atoms with Crippen LogP contribution in [0.1, 0.15) is 17.5 Å². The molecule has 3 aromatic rings. The quantitative estimate of drug-likeness (QED) is 0.578. The fourth-order valence-corrected chi connectivity index (χ4v) is 2.65. The predicted molar refractivity (Wildman–Crippen MR) is 106 cm³/mol. The lowest BCUT2D eigenvalue weighted by atomic mass is 10.2. The number of amides is 1. The standard InChI is InChI=1S/C21H18ClNO5/c1-2-26-20(24)13-27-17-8-4-7-16(12-17)23-21(25)19-10-9-18(28-19)14-5-3-6-15(22)11-14/h3-12H,2,13H2,1H3,(H,23,25). The molecule has 0 unspecified atom stereocenters. The normalized spacial score (nSPS) is 10.4. The Hall–Kier alpha value is -3.25. The molecule has 28 heavy (non-hydrogen) atoms. The third kappa shape index (κ3) is 5.14. The summed E-state index contributed by atoms with van der Waals surface area (Å²) in [6.07, 6.45) is 0. The Labute approximate surface area is 167 Å². The van der Waals surface area contributed by atoms with Crippen molar-refractivity contribution >= 4 is 29.2 Å². The van der Waals surface area contributed by atoms with Crippen LogP contribution in [-0.4, -0.2) is 25.1 Å². The maximum Gasteiger partial charge on any atom is 0.344 e. The number of anilines is 1. The van der Waals surface area contributed by atoms with Gasteiger partial charge in [0.15, 0.2) is 12.4 Å². The van der Waals surface area contributed by atoms with Crippen LogP contribution in [0, 0.1) is 0 Å². The Kier molecular flexibility index (Phi) is 6.34. The Morgan fingerprint density at radius 2 is 1.89 bits per heavy atom. The molecule has 0 spiro atoms. The number of hydrogen-bond donors (Lipinski definition) is 1. The SMILES string of the molecule is CCOC(=O)COc1cccc(NC(=O)c2ccc(-c3cccc(Cl)c3)o2)c1.